The van der Waals surface area contributed by atoms with Crippen molar-refractivity contribution in [3.63, 3.8) is 0 Å². The zero-order valence-corrected chi connectivity index (χ0v) is 12.1. The van der Waals surface area contributed by atoms with Crippen LogP contribution in [0.2, 0.25) is 0 Å². The van der Waals surface area contributed by atoms with Crippen LogP contribution in [0.25, 0.3) is 5.69 Å². The highest BCUT2D eigenvalue weighted by atomic mass is 15.6. The van der Waals surface area contributed by atoms with Crippen molar-refractivity contribution in [2.24, 2.45) is 0 Å². The summed E-state index contributed by atoms with van der Waals surface area (Å²) >= 11 is 0. The van der Waals surface area contributed by atoms with Crippen molar-refractivity contribution >= 4 is 5.95 Å². The first-order chi connectivity index (χ1) is 10.3. The highest BCUT2D eigenvalue weighted by Crippen LogP contribution is 2.17. The quantitative estimate of drug-likeness (QED) is 0.736. The van der Waals surface area contributed by atoms with Crippen LogP contribution in [0.5, 0.6) is 0 Å². The molecule has 0 aliphatic heterocycles. The van der Waals surface area contributed by atoms with Crippen molar-refractivity contribution in [1.82, 2.24) is 20.2 Å². The molecular formula is C16H17N5. The number of rotatable bonds is 4. The standard InChI is InChI=1S/C16H17N5/c1-13-8-6-7-9-14(13)12-20(2)16-17-18-19-21(16)15-10-4-3-5-11-15/h3-11H,12H2,1-2H3. The molecule has 0 N–H and O–H groups in total. The summed E-state index contributed by atoms with van der Waals surface area (Å²) in [4.78, 5) is 2.05. The number of para-hydroxylation sites is 1. The van der Waals surface area contributed by atoms with E-state index in [1.165, 1.54) is 11.1 Å². The van der Waals surface area contributed by atoms with Crippen LogP contribution >= 0.6 is 0 Å². The third kappa shape index (κ3) is 2.76. The number of aromatic nitrogens is 4. The number of benzene rings is 2. The molecule has 0 spiro atoms. The fourth-order valence-corrected chi connectivity index (χ4v) is 2.27. The van der Waals surface area contributed by atoms with E-state index in [1.54, 1.807) is 4.68 Å². The lowest BCUT2D eigenvalue weighted by atomic mass is 10.1. The molecule has 5 heteroatoms. The Morgan fingerprint density at radius 2 is 1.71 bits per heavy atom. The zero-order chi connectivity index (χ0) is 14.7. The molecule has 0 aliphatic rings. The van der Waals surface area contributed by atoms with Crippen molar-refractivity contribution < 1.29 is 0 Å². The average molecular weight is 279 g/mol. The summed E-state index contributed by atoms with van der Waals surface area (Å²) in [6.07, 6.45) is 0. The summed E-state index contributed by atoms with van der Waals surface area (Å²) in [5, 5.41) is 12.0. The molecule has 1 heterocycles. The predicted octanol–water partition coefficient (Wildman–Crippen LogP) is 2.61. The minimum absolute atomic E-state index is 0.726. The van der Waals surface area contributed by atoms with Gasteiger partial charge in [0.15, 0.2) is 0 Å². The Hall–Kier alpha value is -2.69. The lowest BCUT2D eigenvalue weighted by molar-refractivity contribution is 0.771. The molecule has 5 nitrogen and oxygen atoms in total. The van der Waals surface area contributed by atoms with Crippen LogP contribution in [-0.4, -0.2) is 27.3 Å². The average Bonchev–Trinajstić information content (AvgIpc) is 3.00. The summed E-state index contributed by atoms with van der Waals surface area (Å²) < 4.78 is 1.75. The molecule has 106 valence electrons. The van der Waals surface area contributed by atoms with E-state index in [2.05, 4.69) is 45.5 Å². The van der Waals surface area contributed by atoms with Gasteiger partial charge in [0.2, 0.25) is 5.95 Å². The lowest BCUT2D eigenvalue weighted by Gasteiger charge is -2.18. The van der Waals surface area contributed by atoms with Crippen LogP contribution < -0.4 is 4.90 Å². The molecule has 0 unspecified atom stereocenters. The first-order valence-electron chi connectivity index (χ1n) is 6.85. The van der Waals surface area contributed by atoms with Crippen LogP contribution in [0.15, 0.2) is 54.6 Å². The van der Waals surface area contributed by atoms with Gasteiger partial charge in [-0.3, -0.25) is 0 Å². The molecule has 0 radical (unpaired) electrons. The molecular weight excluding hydrogens is 262 g/mol. The fourth-order valence-electron chi connectivity index (χ4n) is 2.27. The van der Waals surface area contributed by atoms with Crippen molar-refractivity contribution in [1.29, 1.82) is 0 Å². The van der Waals surface area contributed by atoms with E-state index in [0.29, 0.717) is 0 Å². The van der Waals surface area contributed by atoms with Crippen molar-refractivity contribution in [3.8, 4) is 5.69 Å². The van der Waals surface area contributed by atoms with Gasteiger partial charge in [-0.05, 0) is 40.6 Å². The monoisotopic (exact) mass is 279 g/mol. The topological polar surface area (TPSA) is 46.8 Å². The molecule has 0 saturated heterocycles. The molecule has 0 amide bonds. The Morgan fingerprint density at radius 3 is 2.48 bits per heavy atom. The molecule has 0 aliphatic carbocycles. The van der Waals surface area contributed by atoms with Crippen molar-refractivity contribution in [2.45, 2.75) is 13.5 Å². The number of anilines is 1. The van der Waals surface area contributed by atoms with Crippen LogP contribution in [0.4, 0.5) is 5.95 Å². The second kappa shape index (κ2) is 5.75. The molecule has 1 aromatic heterocycles. The van der Waals surface area contributed by atoms with Crippen LogP contribution in [-0.2, 0) is 6.54 Å². The Balaban J connectivity index is 1.88. The number of tetrazole rings is 1. The van der Waals surface area contributed by atoms with Gasteiger partial charge in [-0.15, -0.1) is 0 Å². The third-order valence-corrected chi connectivity index (χ3v) is 3.46. The second-order valence-electron chi connectivity index (χ2n) is 5.01. The predicted molar refractivity (Wildman–Crippen MR) is 82.4 cm³/mol. The summed E-state index contributed by atoms with van der Waals surface area (Å²) in [6.45, 7) is 2.88. The van der Waals surface area contributed by atoms with E-state index in [1.807, 2.05) is 43.4 Å². The summed E-state index contributed by atoms with van der Waals surface area (Å²) in [6, 6.07) is 18.2. The molecule has 2 aromatic carbocycles. The van der Waals surface area contributed by atoms with E-state index in [4.69, 9.17) is 0 Å². The van der Waals surface area contributed by atoms with Gasteiger partial charge in [-0.1, -0.05) is 47.6 Å². The molecule has 0 fully saturated rings. The second-order valence-corrected chi connectivity index (χ2v) is 5.01. The van der Waals surface area contributed by atoms with E-state index >= 15 is 0 Å². The minimum atomic E-state index is 0.726. The Labute approximate surface area is 123 Å². The number of aryl methyl sites for hydroxylation is 1. The van der Waals surface area contributed by atoms with Crippen LogP contribution in [0.3, 0.4) is 0 Å². The molecule has 21 heavy (non-hydrogen) atoms. The maximum Gasteiger partial charge on any atom is 0.250 e. The summed E-state index contributed by atoms with van der Waals surface area (Å²) in [5.41, 5.74) is 3.49. The first kappa shape index (κ1) is 13.3. The lowest BCUT2D eigenvalue weighted by Crippen LogP contribution is -2.21. The maximum absolute atomic E-state index is 4.15. The van der Waals surface area contributed by atoms with Gasteiger partial charge in [0.25, 0.3) is 0 Å². The zero-order valence-electron chi connectivity index (χ0n) is 12.1. The highest BCUT2D eigenvalue weighted by molar-refractivity contribution is 5.41. The van der Waals surface area contributed by atoms with Gasteiger partial charge in [-0.2, -0.15) is 4.68 Å². The van der Waals surface area contributed by atoms with Crippen LogP contribution in [0, 0.1) is 6.92 Å². The SMILES string of the molecule is Cc1ccccc1CN(C)c1nnnn1-c1ccccc1. The fraction of sp³-hybridized carbons (Fsp3) is 0.188. The molecule has 0 saturated carbocycles. The third-order valence-electron chi connectivity index (χ3n) is 3.46. The van der Waals surface area contributed by atoms with E-state index in [-0.39, 0.29) is 0 Å². The number of nitrogens with zero attached hydrogens (tertiary/aromatic N) is 5. The van der Waals surface area contributed by atoms with Gasteiger partial charge in [-0.25, -0.2) is 0 Å². The van der Waals surface area contributed by atoms with E-state index in [0.717, 1.165) is 18.2 Å². The Kier molecular flexibility index (Phi) is 3.64. The summed E-state index contributed by atoms with van der Waals surface area (Å²) in [5.74, 6) is 0.726. The maximum atomic E-state index is 4.15. The molecule has 3 rings (SSSR count). The van der Waals surface area contributed by atoms with E-state index in [9.17, 15) is 0 Å². The Morgan fingerprint density at radius 1 is 1.00 bits per heavy atom. The van der Waals surface area contributed by atoms with Crippen LogP contribution in [0.1, 0.15) is 11.1 Å². The van der Waals surface area contributed by atoms with Gasteiger partial charge in [0.1, 0.15) is 0 Å². The van der Waals surface area contributed by atoms with Gasteiger partial charge in [0, 0.05) is 13.6 Å². The smallest absolute Gasteiger partial charge is 0.250 e. The van der Waals surface area contributed by atoms with E-state index < -0.39 is 0 Å². The van der Waals surface area contributed by atoms with Gasteiger partial charge >= 0.3 is 0 Å². The van der Waals surface area contributed by atoms with Gasteiger partial charge in [0.05, 0.1) is 5.69 Å². The molecule has 3 aromatic rings. The van der Waals surface area contributed by atoms with Gasteiger partial charge < -0.3 is 4.90 Å². The minimum Gasteiger partial charge on any atom is -0.338 e. The highest BCUT2D eigenvalue weighted by Gasteiger charge is 2.13. The molecule has 0 bridgehead atoms. The van der Waals surface area contributed by atoms with Crippen molar-refractivity contribution in [3.05, 3.63) is 65.7 Å². The molecule has 0 atom stereocenters. The summed E-state index contributed by atoms with van der Waals surface area (Å²) in [7, 11) is 2.00. The number of hydrogen-bond acceptors (Lipinski definition) is 4. The first-order valence-corrected chi connectivity index (χ1v) is 6.85. The Bertz CT molecular complexity index is 720. The number of hydrogen-bond donors (Lipinski definition) is 0. The normalized spacial score (nSPS) is 10.6. The van der Waals surface area contributed by atoms with Crippen molar-refractivity contribution in [2.75, 3.05) is 11.9 Å². The largest absolute Gasteiger partial charge is 0.338 e.